The molecule has 18 heavy (non-hydrogen) atoms. The molecule has 2 aliphatic rings. The van der Waals surface area contributed by atoms with Crippen LogP contribution in [0.1, 0.15) is 6.42 Å². The van der Waals surface area contributed by atoms with E-state index in [1.807, 2.05) is 0 Å². The van der Waals surface area contributed by atoms with Crippen LogP contribution in [0.4, 0.5) is 0 Å². The predicted octanol–water partition coefficient (Wildman–Crippen LogP) is -1.31. The van der Waals surface area contributed by atoms with Crippen molar-refractivity contribution in [1.29, 1.82) is 0 Å². The second-order valence-corrected chi connectivity index (χ2v) is 4.03. The summed E-state index contributed by atoms with van der Waals surface area (Å²) in [5.74, 6) is -0.587. The predicted molar refractivity (Wildman–Crippen MR) is 59.1 cm³/mol. The Kier molecular flexibility index (Phi) is 3.46. The zero-order valence-corrected chi connectivity index (χ0v) is 9.56. The Morgan fingerprint density at radius 3 is 2.94 bits per heavy atom. The van der Waals surface area contributed by atoms with Crippen LogP contribution in [-0.4, -0.2) is 51.0 Å². The Morgan fingerprint density at radius 1 is 1.67 bits per heavy atom. The zero-order chi connectivity index (χ0) is 13.3. The summed E-state index contributed by atoms with van der Waals surface area (Å²) in [6, 6.07) is -0.499. The first-order valence-corrected chi connectivity index (χ1v) is 5.45. The number of ether oxygens (including phenoxy) is 1. The first kappa shape index (κ1) is 12.7. The lowest BCUT2D eigenvalue weighted by Gasteiger charge is -2.36. The second-order valence-electron chi connectivity index (χ2n) is 4.03. The molecular formula is C11H14N2O5-2. The van der Waals surface area contributed by atoms with E-state index in [2.05, 4.69) is 11.9 Å². The van der Waals surface area contributed by atoms with Crippen LogP contribution in [0.3, 0.4) is 0 Å². The summed E-state index contributed by atoms with van der Waals surface area (Å²) in [4.78, 5) is 0. The van der Waals surface area contributed by atoms with E-state index in [0.29, 0.717) is 0 Å². The van der Waals surface area contributed by atoms with E-state index >= 15 is 0 Å². The molecule has 2 aliphatic heterocycles. The van der Waals surface area contributed by atoms with Crippen LogP contribution in [0, 0.1) is 6.54 Å². The molecule has 1 saturated heterocycles. The minimum atomic E-state index is -0.828. The van der Waals surface area contributed by atoms with Crippen LogP contribution in [-0.2, 0) is 4.74 Å². The highest BCUT2D eigenvalue weighted by atomic mass is 16.5. The molecule has 0 spiro atoms. The summed E-state index contributed by atoms with van der Waals surface area (Å²) in [6.07, 6.45) is -0.698. The molecule has 0 unspecified atom stereocenters. The summed E-state index contributed by atoms with van der Waals surface area (Å²) >= 11 is 0. The Hall–Kier alpha value is -1.70. The quantitative estimate of drug-likeness (QED) is 0.428. The third-order valence-electron chi connectivity index (χ3n) is 2.87. The van der Waals surface area contributed by atoms with Crippen molar-refractivity contribution >= 4 is 6.02 Å². The van der Waals surface area contributed by atoms with Crippen LogP contribution in [0.25, 0.3) is 5.32 Å². The molecule has 7 heteroatoms. The molecule has 0 radical (unpaired) electrons. The second kappa shape index (κ2) is 4.89. The van der Waals surface area contributed by atoms with Gasteiger partial charge in [-0.15, -0.1) is 24.1 Å². The number of hydrogen-bond donors (Lipinski definition) is 3. The van der Waals surface area contributed by atoms with Crippen molar-refractivity contribution in [2.45, 2.75) is 24.9 Å². The van der Waals surface area contributed by atoms with Gasteiger partial charge in [-0.05, 0) is 0 Å². The van der Waals surface area contributed by atoms with Gasteiger partial charge >= 0.3 is 0 Å². The van der Waals surface area contributed by atoms with Crippen molar-refractivity contribution in [2.75, 3.05) is 6.61 Å². The summed E-state index contributed by atoms with van der Waals surface area (Å²) in [6.45, 7) is 4.51. The molecule has 0 bridgehead atoms. The van der Waals surface area contributed by atoms with Crippen molar-refractivity contribution in [3.8, 4) is 0 Å². The molecule has 0 aromatic carbocycles. The number of aliphatic hydroxyl groups is 3. The maximum absolute atomic E-state index is 11.3. The average molecular weight is 254 g/mol. The van der Waals surface area contributed by atoms with Crippen LogP contribution in [0.2, 0.25) is 0 Å². The van der Waals surface area contributed by atoms with E-state index in [0.717, 1.165) is 0 Å². The highest BCUT2D eigenvalue weighted by Crippen LogP contribution is 2.26. The normalized spacial score (nSPS) is 32.2. The Balaban J connectivity index is 2.15. The number of rotatable bonds is 3. The third kappa shape index (κ3) is 2.15. The van der Waals surface area contributed by atoms with Gasteiger partial charge in [0.05, 0.1) is 12.7 Å². The van der Waals surface area contributed by atoms with E-state index in [4.69, 9.17) is 9.84 Å². The number of nitrogens with zero attached hydrogens (tertiary/aromatic N) is 2. The summed E-state index contributed by atoms with van der Waals surface area (Å²) < 4.78 is 6.59. The lowest BCUT2D eigenvalue weighted by atomic mass is 10.2. The van der Waals surface area contributed by atoms with Gasteiger partial charge in [0.15, 0.2) is 0 Å². The molecule has 0 aromatic heterocycles. The summed E-state index contributed by atoms with van der Waals surface area (Å²) in [5.41, 5.74) is 0.221. The van der Waals surface area contributed by atoms with E-state index in [1.54, 1.807) is 0 Å². The third-order valence-corrected chi connectivity index (χ3v) is 2.87. The average Bonchev–Trinajstić information content (AvgIpc) is 2.70. The first-order valence-electron chi connectivity index (χ1n) is 5.45. The molecule has 3 N–H and O–H groups in total. The summed E-state index contributed by atoms with van der Waals surface area (Å²) in [5, 5.41) is 43.0. The van der Waals surface area contributed by atoms with Crippen molar-refractivity contribution in [3.05, 3.63) is 36.0 Å². The van der Waals surface area contributed by atoms with Crippen LogP contribution < -0.4 is 5.11 Å². The molecule has 0 saturated carbocycles. The number of amidine groups is 1. The maximum atomic E-state index is 11.3. The van der Waals surface area contributed by atoms with E-state index < -0.39 is 30.3 Å². The first-order chi connectivity index (χ1) is 8.56. The fourth-order valence-electron chi connectivity index (χ4n) is 1.88. The minimum absolute atomic E-state index is 0.194. The van der Waals surface area contributed by atoms with Gasteiger partial charge < -0.3 is 35.1 Å². The van der Waals surface area contributed by atoms with Gasteiger partial charge in [-0.1, -0.05) is 6.54 Å². The number of aliphatic hydroxyl groups excluding tert-OH is 3. The van der Waals surface area contributed by atoms with E-state index in [9.17, 15) is 15.3 Å². The van der Waals surface area contributed by atoms with Gasteiger partial charge in [-0.25, -0.2) is 0 Å². The van der Waals surface area contributed by atoms with Crippen LogP contribution in [0.5, 0.6) is 0 Å². The molecule has 0 aliphatic carbocycles. The standard InChI is InChI=1S/C11H15N2O5/c1-2-6-4-13(11(17)12-10(6)16)9-3-7(15)8(5-14)18-9/h2,4,7-9,14-17H,1,3,5H2/q-1/p-1/t7-,8+,9-/m0/s1. The maximum Gasteiger partial charge on any atom is 0.208 e. The van der Waals surface area contributed by atoms with Gasteiger partial charge in [-0.3, -0.25) is 0 Å². The molecule has 1 fully saturated rings. The van der Waals surface area contributed by atoms with Crippen molar-refractivity contribution < 1.29 is 29.7 Å². The molecule has 7 nitrogen and oxygen atoms in total. The van der Waals surface area contributed by atoms with Crippen LogP contribution >= 0.6 is 0 Å². The number of hydrogen-bond acceptors (Lipinski definition) is 4. The molecule has 0 aromatic rings. The Labute approximate surface area is 104 Å². The van der Waals surface area contributed by atoms with Gasteiger partial charge in [-0.2, -0.15) is 0 Å². The van der Waals surface area contributed by atoms with Crippen molar-refractivity contribution in [3.63, 3.8) is 0 Å². The van der Waals surface area contributed by atoms with Gasteiger partial charge in [0.2, 0.25) is 6.02 Å². The van der Waals surface area contributed by atoms with Gasteiger partial charge in [0.1, 0.15) is 12.3 Å². The highest BCUT2D eigenvalue weighted by molar-refractivity contribution is 5.85. The Bertz CT molecular complexity index is 418. The van der Waals surface area contributed by atoms with Gasteiger partial charge in [0.25, 0.3) is 0 Å². The fraction of sp³-hybridized carbons (Fsp3) is 0.455. The zero-order valence-electron chi connectivity index (χ0n) is 9.56. The SMILES string of the molecule is C=CC1=C([O-])[N-]C(O)=[N+]([C@@H]2C[C@H](O)[C@@H](CO)O2)[CH-]1. The van der Waals surface area contributed by atoms with Gasteiger partial charge in [0, 0.05) is 6.42 Å². The Morgan fingerprint density at radius 2 is 2.39 bits per heavy atom. The van der Waals surface area contributed by atoms with Crippen LogP contribution in [0.15, 0.2) is 24.1 Å². The smallest absolute Gasteiger partial charge is 0.208 e. The monoisotopic (exact) mass is 254 g/mol. The lowest BCUT2D eigenvalue weighted by molar-refractivity contribution is -0.580. The highest BCUT2D eigenvalue weighted by Gasteiger charge is 2.35. The fourth-order valence-corrected chi connectivity index (χ4v) is 1.88. The topological polar surface area (TPSA) is 110 Å². The van der Waals surface area contributed by atoms with E-state index in [1.165, 1.54) is 17.2 Å². The molecule has 2 heterocycles. The molecule has 3 atom stereocenters. The lowest BCUT2D eigenvalue weighted by Crippen LogP contribution is -2.35. The molecule has 2 rings (SSSR count). The molecule has 0 amide bonds. The molecule has 100 valence electrons. The van der Waals surface area contributed by atoms with Crippen molar-refractivity contribution in [1.82, 2.24) is 0 Å². The minimum Gasteiger partial charge on any atom is -0.901 e. The largest absolute Gasteiger partial charge is 0.901 e. The van der Waals surface area contributed by atoms with E-state index in [-0.39, 0.29) is 18.6 Å². The summed E-state index contributed by atoms with van der Waals surface area (Å²) in [7, 11) is 0. The molecular weight excluding hydrogens is 240 g/mol. The van der Waals surface area contributed by atoms with Crippen molar-refractivity contribution in [2.24, 2.45) is 0 Å².